The lowest BCUT2D eigenvalue weighted by molar-refractivity contribution is -0.139. The van der Waals surface area contributed by atoms with Crippen LogP contribution in [0.3, 0.4) is 0 Å². The topological polar surface area (TPSA) is 86.8 Å². The van der Waals surface area contributed by atoms with Gasteiger partial charge in [-0.2, -0.15) is 0 Å². The summed E-state index contributed by atoms with van der Waals surface area (Å²) in [5.41, 5.74) is 2.04. The van der Waals surface area contributed by atoms with Crippen LogP contribution in [0.15, 0.2) is 86.6 Å². The molecule has 0 aromatic heterocycles. The Kier molecular flexibility index (Phi) is 10.1. The Morgan fingerprint density at radius 2 is 1.50 bits per heavy atom. The minimum atomic E-state index is -4.10. The van der Waals surface area contributed by atoms with Crippen molar-refractivity contribution in [3.8, 4) is 0 Å². The third kappa shape index (κ3) is 7.68. The minimum Gasteiger partial charge on any atom is -0.352 e. The van der Waals surface area contributed by atoms with Crippen molar-refractivity contribution >= 4 is 59.4 Å². The molecule has 0 saturated heterocycles. The number of benzene rings is 3. The summed E-state index contributed by atoms with van der Waals surface area (Å²) >= 11 is 6.85. The largest absolute Gasteiger partial charge is 0.352 e. The molecule has 0 saturated carbocycles. The number of hydrogen-bond acceptors (Lipinski definition) is 4. The van der Waals surface area contributed by atoms with Gasteiger partial charge in [-0.3, -0.25) is 13.9 Å². The molecule has 1 N–H and O–H groups in total. The number of amides is 2. The molecule has 0 aliphatic heterocycles. The third-order valence-corrected chi connectivity index (χ3v) is 8.60. The van der Waals surface area contributed by atoms with Crippen LogP contribution in [0.5, 0.6) is 0 Å². The van der Waals surface area contributed by atoms with Gasteiger partial charge in [0, 0.05) is 21.5 Å². The number of nitrogens with zero attached hydrogens (tertiary/aromatic N) is 2. The molecule has 0 spiro atoms. The molecule has 7 nitrogen and oxygen atoms in total. The normalized spacial score (nSPS) is 12.2. The monoisotopic (exact) mass is 663 g/mol. The molecule has 38 heavy (non-hydrogen) atoms. The minimum absolute atomic E-state index is 0.0695. The van der Waals surface area contributed by atoms with Gasteiger partial charge in [0.25, 0.3) is 10.0 Å². The number of sulfonamides is 1. The molecule has 3 aromatic carbocycles. The second-order valence-electron chi connectivity index (χ2n) is 9.30. The number of anilines is 1. The van der Waals surface area contributed by atoms with Crippen LogP contribution in [0.2, 0.25) is 0 Å². The molecule has 0 bridgehead atoms. The molecule has 202 valence electrons. The van der Waals surface area contributed by atoms with Gasteiger partial charge >= 0.3 is 0 Å². The molecule has 10 heteroatoms. The molecular weight excluding hydrogens is 634 g/mol. The van der Waals surface area contributed by atoms with Crippen molar-refractivity contribution in [3.63, 3.8) is 0 Å². The van der Waals surface area contributed by atoms with Gasteiger partial charge in [0.2, 0.25) is 11.8 Å². The van der Waals surface area contributed by atoms with Gasteiger partial charge < -0.3 is 10.2 Å². The zero-order valence-electron chi connectivity index (χ0n) is 21.7. The summed E-state index contributed by atoms with van der Waals surface area (Å²) in [5.74, 6) is -0.828. The lowest BCUT2D eigenvalue weighted by atomic mass is 10.1. The number of hydrogen-bond donors (Lipinski definition) is 1. The summed E-state index contributed by atoms with van der Waals surface area (Å²) < 4.78 is 30.2. The van der Waals surface area contributed by atoms with E-state index in [0.29, 0.717) is 10.2 Å². The summed E-state index contributed by atoms with van der Waals surface area (Å²) in [6.07, 6.45) is 0. The molecule has 0 radical (unpaired) electrons. The lowest BCUT2D eigenvalue weighted by Gasteiger charge is -2.32. The fraction of sp³-hybridized carbons (Fsp3) is 0.286. The van der Waals surface area contributed by atoms with Gasteiger partial charge in [-0.05, 0) is 75.7 Å². The molecule has 1 atom stereocenters. The van der Waals surface area contributed by atoms with E-state index >= 15 is 0 Å². The van der Waals surface area contributed by atoms with E-state index in [2.05, 4.69) is 37.2 Å². The van der Waals surface area contributed by atoms with Gasteiger partial charge in [0.1, 0.15) is 12.6 Å². The highest BCUT2D eigenvalue weighted by Gasteiger charge is 2.32. The number of aryl methyl sites for hydroxylation is 1. The van der Waals surface area contributed by atoms with Gasteiger partial charge in [0.05, 0.1) is 10.6 Å². The van der Waals surface area contributed by atoms with E-state index in [0.717, 1.165) is 19.9 Å². The zero-order chi connectivity index (χ0) is 28.0. The first kappa shape index (κ1) is 29.9. The molecule has 2 amide bonds. The van der Waals surface area contributed by atoms with Crippen molar-refractivity contribution in [1.29, 1.82) is 0 Å². The smallest absolute Gasteiger partial charge is 0.264 e. The Bertz CT molecular complexity index is 1400. The van der Waals surface area contributed by atoms with E-state index in [1.807, 2.05) is 45.0 Å². The SMILES string of the molecule is Cc1ccc(S(=O)(=O)N(CC(=O)N(Cc2cccc(Br)c2)[C@H](C)C(=O)NC(C)C)c2cccc(Br)c2)cc1. The Labute approximate surface area is 241 Å². The standard InChI is InChI=1S/C28H31Br2N3O4S/c1-19(2)31-28(35)21(4)32(17-22-7-5-8-23(29)15-22)27(34)18-33(25-10-6-9-24(30)16-25)38(36,37)26-13-11-20(3)12-14-26/h5-16,19,21H,17-18H2,1-4H3,(H,31,35)/t21-/m1/s1. The number of rotatable bonds is 10. The first-order valence-corrected chi connectivity index (χ1v) is 15.1. The zero-order valence-corrected chi connectivity index (χ0v) is 25.7. The predicted molar refractivity (Wildman–Crippen MR) is 157 cm³/mol. The quantitative estimate of drug-likeness (QED) is 0.303. The summed E-state index contributed by atoms with van der Waals surface area (Å²) in [6.45, 7) is 6.84. The first-order chi connectivity index (χ1) is 17.9. The van der Waals surface area contributed by atoms with Crippen LogP contribution in [0.25, 0.3) is 0 Å². The van der Waals surface area contributed by atoms with E-state index in [-0.39, 0.29) is 23.4 Å². The number of halogens is 2. The Morgan fingerprint density at radius 1 is 0.895 bits per heavy atom. The van der Waals surface area contributed by atoms with Crippen LogP contribution in [0, 0.1) is 6.92 Å². The fourth-order valence-electron chi connectivity index (χ4n) is 3.82. The maximum absolute atomic E-state index is 13.9. The van der Waals surface area contributed by atoms with Gasteiger partial charge in [-0.1, -0.05) is 67.8 Å². The van der Waals surface area contributed by atoms with Crippen molar-refractivity contribution in [2.75, 3.05) is 10.8 Å². The highest BCUT2D eigenvalue weighted by Crippen LogP contribution is 2.27. The Hall–Kier alpha value is -2.69. The number of nitrogens with one attached hydrogen (secondary N) is 1. The third-order valence-electron chi connectivity index (χ3n) is 5.82. The summed E-state index contributed by atoms with van der Waals surface area (Å²) in [4.78, 5) is 28.3. The summed E-state index contributed by atoms with van der Waals surface area (Å²) in [7, 11) is -4.10. The second kappa shape index (κ2) is 12.9. The molecular formula is C28H31Br2N3O4S. The van der Waals surface area contributed by atoms with Gasteiger partial charge in [-0.25, -0.2) is 8.42 Å². The van der Waals surface area contributed by atoms with Crippen LogP contribution in [0.1, 0.15) is 31.9 Å². The fourth-order valence-corrected chi connectivity index (χ4v) is 6.06. The molecule has 0 heterocycles. The average Bonchev–Trinajstić information content (AvgIpc) is 2.85. The molecule has 0 fully saturated rings. The Morgan fingerprint density at radius 3 is 2.08 bits per heavy atom. The van der Waals surface area contributed by atoms with Crippen LogP contribution in [-0.4, -0.2) is 43.8 Å². The van der Waals surface area contributed by atoms with Crippen molar-refractivity contribution in [2.24, 2.45) is 0 Å². The molecule has 0 unspecified atom stereocenters. The van der Waals surface area contributed by atoms with E-state index in [1.165, 1.54) is 17.0 Å². The molecule has 3 rings (SSSR count). The van der Waals surface area contributed by atoms with Gasteiger partial charge in [0.15, 0.2) is 0 Å². The Balaban J connectivity index is 2.03. The first-order valence-electron chi connectivity index (χ1n) is 12.1. The van der Waals surface area contributed by atoms with Crippen molar-refractivity contribution in [3.05, 3.63) is 92.9 Å². The van der Waals surface area contributed by atoms with E-state index in [4.69, 9.17) is 0 Å². The van der Waals surface area contributed by atoms with E-state index < -0.39 is 28.5 Å². The highest BCUT2D eigenvalue weighted by atomic mass is 79.9. The van der Waals surface area contributed by atoms with Gasteiger partial charge in [-0.15, -0.1) is 0 Å². The van der Waals surface area contributed by atoms with E-state index in [1.54, 1.807) is 43.3 Å². The van der Waals surface area contributed by atoms with Crippen LogP contribution >= 0.6 is 31.9 Å². The van der Waals surface area contributed by atoms with Crippen LogP contribution in [0.4, 0.5) is 5.69 Å². The summed E-state index contributed by atoms with van der Waals surface area (Å²) in [6, 6.07) is 19.7. The predicted octanol–water partition coefficient (Wildman–Crippen LogP) is 5.66. The van der Waals surface area contributed by atoms with Crippen LogP contribution in [-0.2, 0) is 26.2 Å². The van der Waals surface area contributed by atoms with Crippen molar-refractivity contribution in [1.82, 2.24) is 10.2 Å². The molecule has 0 aliphatic rings. The second-order valence-corrected chi connectivity index (χ2v) is 13.0. The average molecular weight is 665 g/mol. The molecule has 3 aromatic rings. The highest BCUT2D eigenvalue weighted by molar-refractivity contribution is 9.10. The number of carbonyl (C=O) groups excluding carboxylic acids is 2. The van der Waals surface area contributed by atoms with Crippen LogP contribution < -0.4 is 9.62 Å². The lowest BCUT2D eigenvalue weighted by Crippen LogP contribution is -2.52. The van der Waals surface area contributed by atoms with Crippen molar-refractivity contribution in [2.45, 2.75) is 51.2 Å². The molecule has 0 aliphatic carbocycles. The van der Waals surface area contributed by atoms with Crippen molar-refractivity contribution < 1.29 is 18.0 Å². The van der Waals surface area contributed by atoms with E-state index in [9.17, 15) is 18.0 Å². The maximum Gasteiger partial charge on any atom is 0.264 e. The summed E-state index contributed by atoms with van der Waals surface area (Å²) in [5, 5.41) is 2.85. The maximum atomic E-state index is 13.9. The number of carbonyl (C=O) groups is 2.